The number of thiocarbonyl (C=S) groups is 1. The van der Waals surface area contributed by atoms with Gasteiger partial charge in [-0.2, -0.15) is 0 Å². The monoisotopic (exact) mass is 278 g/mol. The Bertz CT molecular complexity index is 426. The SMILES string of the molecule is CN(C1CCCCC1)C(C(N)=S)c1ccc(O)cc1. The maximum absolute atomic E-state index is 9.39. The Balaban J connectivity index is 2.19. The molecule has 1 aliphatic rings. The largest absolute Gasteiger partial charge is 0.508 e. The van der Waals surface area contributed by atoms with Crippen LogP contribution in [0.4, 0.5) is 0 Å². The number of phenols is 1. The molecule has 0 aromatic heterocycles. The van der Waals surface area contributed by atoms with Gasteiger partial charge in [-0.1, -0.05) is 43.6 Å². The highest BCUT2D eigenvalue weighted by atomic mass is 32.1. The number of likely N-dealkylation sites (N-methyl/N-ethyl adjacent to an activating group) is 1. The summed E-state index contributed by atoms with van der Waals surface area (Å²) in [7, 11) is 2.10. The van der Waals surface area contributed by atoms with Gasteiger partial charge in [-0.15, -0.1) is 0 Å². The molecule has 3 N–H and O–H groups in total. The zero-order valence-corrected chi connectivity index (χ0v) is 12.2. The van der Waals surface area contributed by atoms with E-state index < -0.39 is 0 Å². The zero-order valence-electron chi connectivity index (χ0n) is 11.4. The van der Waals surface area contributed by atoms with Gasteiger partial charge in [0, 0.05) is 6.04 Å². The lowest BCUT2D eigenvalue weighted by atomic mass is 9.92. The van der Waals surface area contributed by atoms with Gasteiger partial charge in [0.1, 0.15) is 5.75 Å². The lowest BCUT2D eigenvalue weighted by molar-refractivity contribution is 0.170. The van der Waals surface area contributed by atoms with Crippen molar-refractivity contribution in [1.82, 2.24) is 4.90 Å². The van der Waals surface area contributed by atoms with Gasteiger partial charge in [0.15, 0.2) is 0 Å². The minimum atomic E-state index is -0.0429. The summed E-state index contributed by atoms with van der Waals surface area (Å²) in [5.74, 6) is 0.269. The lowest BCUT2D eigenvalue weighted by Gasteiger charge is -2.37. The first-order chi connectivity index (χ1) is 9.09. The summed E-state index contributed by atoms with van der Waals surface area (Å²) < 4.78 is 0. The van der Waals surface area contributed by atoms with Gasteiger partial charge in [-0.3, -0.25) is 4.90 Å². The molecule has 0 heterocycles. The van der Waals surface area contributed by atoms with Crippen LogP contribution in [-0.2, 0) is 0 Å². The first-order valence-corrected chi connectivity index (χ1v) is 7.30. The molecule has 0 radical (unpaired) electrons. The third kappa shape index (κ3) is 3.45. The van der Waals surface area contributed by atoms with Gasteiger partial charge in [0.05, 0.1) is 11.0 Å². The number of rotatable bonds is 4. The maximum Gasteiger partial charge on any atom is 0.115 e. The van der Waals surface area contributed by atoms with Crippen molar-refractivity contribution in [3.63, 3.8) is 0 Å². The molecule has 1 aliphatic carbocycles. The molecule has 104 valence electrons. The van der Waals surface area contributed by atoms with E-state index in [1.807, 2.05) is 12.1 Å². The van der Waals surface area contributed by atoms with Crippen LogP contribution in [-0.4, -0.2) is 28.1 Å². The fourth-order valence-corrected chi connectivity index (χ4v) is 3.26. The molecular formula is C15H22N2OS. The molecule has 0 bridgehead atoms. The Morgan fingerprint density at radius 2 is 1.84 bits per heavy atom. The molecule has 1 fully saturated rings. The molecule has 1 aromatic rings. The van der Waals surface area contributed by atoms with Gasteiger partial charge >= 0.3 is 0 Å². The smallest absolute Gasteiger partial charge is 0.115 e. The summed E-state index contributed by atoms with van der Waals surface area (Å²) in [4.78, 5) is 2.80. The molecule has 1 atom stereocenters. The third-order valence-electron chi connectivity index (χ3n) is 4.04. The second-order valence-electron chi connectivity index (χ2n) is 5.35. The van der Waals surface area contributed by atoms with Crippen molar-refractivity contribution in [3.05, 3.63) is 29.8 Å². The molecule has 0 saturated heterocycles. The van der Waals surface area contributed by atoms with Crippen molar-refractivity contribution >= 4 is 17.2 Å². The highest BCUT2D eigenvalue weighted by molar-refractivity contribution is 7.80. The number of aromatic hydroxyl groups is 1. The van der Waals surface area contributed by atoms with Crippen LogP contribution in [0.2, 0.25) is 0 Å². The minimum Gasteiger partial charge on any atom is -0.508 e. The van der Waals surface area contributed by atoms with Crippen molar-refractivity contribution in [2.45, 2.75) is 44.2 Å². The van der Waals surface area contributed by atoms with E-state index in [9.17, 15) is 5.11 Å². The first kappa shape index (κ1) is 14.3. The Morgan fingerprint density at radius 3 is 2.37 bits per heavy atom. The fourth-order valence-electron chi connectivity index (χ4n) is 2.96. The Kier molecular flexibility index (Phi) is 4.77. The molecule has 1 unspecified atom stereocenters. The number of benzene rings is 1. The molecule has 0 amide bonds. The van der Waals surface area contributed by atoms with E-state index in [4.69, 9.17) is 18.0 Å². The minimum absolute atomic E-state index is 0.0429. The molecule has 3 nitrogen and oxygen atoms in total. The summed E-state index contributed by atoms with van der Waals surface area (Å²) in [6.07, 6.45) is 6.34. The number of hydrogen-bond donors (Lipinski definition) is 2. The lowest BCUT2D eigenvalue weighted by Crippen LogP contribution is -2.41. The van der Waals surface area contributed by atoms with Gasteiger partial charge in [0.25, 0.3) is 0 Å². The molecule has 2 rings (SSSR count). The Morgan fingerprint density at radius 1 is 1.26 bits per heavy atom. The number of nitrogens with two attached hydrogens (primary N) is 1. The summed E-state index contributed by atoms with van der Waals surface area (Å²) >= 11 is 5.25. The van der Waals surface area contributed by atoms with Gasteiger partial charge in [-0.05, 0) is 37.6 Å². The molecule has 0 aliphatic heterocycles. The van der Waals surface area contributed by atoms with Crippen LogP contribution in [0.25, 0.3) is 0 Å². The van der Waals surface area contributed by atoms with Crippen molar-refractivity contribution in [2.75, 3.05) is 7.05 Å². The van der Waals surface area contributed by atoms with Crippen LogP contribution in [0, 0.1) is 0 Å². The molecule has 1 aromatic carbocycles. The zero-order chi connectivity index (χ0) is 13.8. The van der Waals surface area contributed by atoms with Gasteiger partial charge in [0.2, 0.25) is 0 Å². The molecule has 19 heavy (non-hydrogen) atoms. The van der Waals surface area contributed by atoms with Crippen LogP contribution in [0.1, 0.15) is 43.7 Å². The van der Waals surface area contributed by atoms with E-state index in [0.29, 0.717) is 11.0 Å². The van der Waals surface area contributed by atoms with Crippen molar-refractivity contribution in [3.8, 4) is 5.75 Å². The standard InChI is InChI=1S/C15H22N2OS/c1-17(12-5-3-2-4-6-12)14(15(16)19)11-7-9-13(18)10-8-11/h7-10,12,14,18H,2-6H2,1H3,(H2,16,19). The van der Waals surface area contributed by atoms with Crippen molar-refractivity contribution < 1.29 is 5.11 Å². The van der Waals surface area contributed by atoms with E-state index in [-0.39, 0.29) is 11.8 Å². The summed E-state index contributed by atoms with van der Waals surface area (Å²) in [5.41, 5.74) is 7.00. The molecular weight excluding hydrogens is 256 g/mol. The molecule has 1 saturated carbocycles. The summed E-state index contributed by atoms with van der Waals surface area (Å²) in [5, 5.41) is 9.39. The fraction of sp³-hybridized carbons (Fsp3) is 0.533. The first-order valence-electron chi connectivity index (χ1n) is 6.90. The van der Waals surface area contributed by atoms with E-state index in [1.165, 1.54) is 32.1 Å². The molecule has 4 heteroatoms. The third-order valence-corrected chi connectivity index (χ3v) is 4.26. The van der Waals surface area contributed by atoms with Crippen LogP contribution < -0.4 is 5.73 Å². The average Bonchev–Trinajstić information content (AvgIpc) is 2.42. The topological polar surface area (TPSA) is 49.5 Å². The Labute approximate surface area is 120 Å². The van der Waals surface area contributed by atoms with Gasteiger partial charge < -0.3 is 10.8 Å². The van der Waals surface area contributed by atoms with E-state index in [2.05, 4.69) is 11.9 Å². The average molecular weight is 278 g/mol. The molecule has 0 spiro atoms. The number of phenolic OH excluding ortho intramolecular Hbond substituents is 1. The quantitative estimate of drug-likeness (QED) is 0.831. The summed E-state index contributed by atoms with van der Waals surface area (Å²) in [6.45, 7) is 0. The normalized spacial score (nSPS) is 18.4. The van der Waals surface area contributed by atoms with Crippen molar-refractivity contribution in [2.24, 2.45) is 5.73 Å². The van der Waals surface area contributed by atoms with Crippen LogP contribution in [0.3, 0.4) is 0 Å². The van der Waals surface area contributed by atoms with Crippen molar-refractivity contribution in [1.29, 1.82) is 0 Å². The van der Waals surface area contributed by atoms with Crippen LogP contribution in [0.15, 0.2) is 24.3 Å². The highest BCUT2D eigenvalue weighted by Crippen LogP contribution is 2.29. The van der Waals surface area contributed by atoms with Crippen LogP contribution in [0.5, 0.6) is 5.75 Å². The second kappa shape index (κ2) is 6.35. The predicted molar refractivity (Wildman–Crippen MR) is 82.3 cm³/mol. The highest BCUT2D eigenvalue weighted by Gasteiger charge is 2.27. The predicted octanol–water partition coefficient (Wildman–Crippen LogP) is 2.98. The van der Waals surface area contributed by atoms with E-state index >= 15 is 0 Å². The second-order valence-corrected chi connectivity index (χ2v) is 5.83. The van der Waals surface area contributed by atoms with E-state index in [1.54, 1.807) is 12.1 Å². The van der Waals surface area contributed by atoms with E-state index in [0.717, 1.165) is 5.56 Å². The Hall–Kier alpha value is -1.13. The number of nitrogens with zero attached hydrogens (tertiary/aromatic N) is 1. The summed E-state index contributed by atoms with van der Waals surface area (Å²) in [6, 6.07) is 7.69. The van der Waals surface area contributed by atoms with Crippen LogP contribution >= 0.6 is 12.2 Å². The maximum atomic E-state index is 9.39. The van der Waals surface area contributed by atoms with Gasteiger partial charge in [-0.25, -0.2) is 0 Å². The number of hydrogen-bond acceptors (Lipinski definition) is 3.